The number of carbonyl (C=O) groups excluding carboxylic acids is 1. The fourth-order valence-electron chi connectivity index (χ4n) is 1.55. The van der Waals surface area contributed by atoms with Crippen LogP contribution in [0.3, 0.4) is 0 Å². The van der Waals surface area contributed by atoms with Crippen LogP contribution in [0.15, 0.2) is 46.1 Å². The maximum absolute atomic E-state index is 11.5. The molecular weight excluding hydrogens is 244 g/mol. The molecule has 0 atom stereocenters. The number of aryl methyl sites for hydroxylation is 1. The van der Waals surface area contributed by atoms with E-state index in [0.717, 1.165) is 16.9 Å². The fourth-order valence-corrected chi connectivity index (χ4v) is 1.55. The summed E-state index contributed by atoms with van der Waals surface area (Å²) >= 11 is 0. The predicted molar refractivity (Wildman–Crippen MR) is 71.5 cm³/mol. The van der Waals surface area contributed by atoms with Crippen molar-refractivity contribution in [1.82, 2.24) is 5.43 Å². The lowest BCUT2D eigenvalue weighted by atomic mass is 10.1. The zero-order chi connectivity index (χ0) is 13.7. The molecular formula is C14H14N2O3. The van der Waals surface area contributed by atoms with E-state index in [1.54, 1.807) is 25.5 Å². The Bertz CT molecular complexity index is 589. The first-order chi connectivity index (χ1) is 9.20. The summed E-state index contributed by atoms with van der Waals surface area (Å²) in [7, 11) is 1.61. The van der Waals surface area contributed by atoms with Gasteiger partial charge in [0.05, 0.1) is 19.6 Å². The first kappa shape index (κ1) is 12.9. The van der Waals surface area contributed by atoms with Gasteiger partial charge in [-0.25, -0.2) is 5.43 Å². The van der Waals surface area contributed by atoms with Crippen LogP contribution < -0.4 is 10.2 Å². The first-order valence-electron chi connectivity index (χ1n) is 5.72. The SMILES string of the molecule is COc1cc(/C=N/NC(=O)c2ccco2)ccc1C. The van der Waals surface area contributed by atoms with Crippen LogP contribution >= 0.6 is 0 Å². The number of carbonyl (C=O) groups is 1. The van der Waals surface area contributed by atoms with Gasteiger partial charge in [0, 0.05) is 0 Å². The van der Waals surface area contributed by atoms with E-state index in [-0.39, 0.29) is 11.7 Å². The van der Waals surface area contributed by atoms with Crippen LogP contribution in [-0.4, -0.2) is 19.2 Å². The molecule has 0 aliphatic rings. The molecule has 2 aromatic rings. The van der Waals surface area contributed by atoms with E-state index < -0.39 is 0 Å². The zero-order valence-corrected chi connectivity index (χ0v) is 10.7. The van der Waals surface area contributed by atoms with Crippen LogP contribution in [0.1, 0.15) is 21.7 Å². The Labute approximate surface area is 110 Å². The Morgan fingerprint density at radius 1 is 1.42 bits per heavy atom. The number of nitrogens with zero attached hydrogens (tertiary/aromatic N) is 1. The van der Waals surface area contributed by atoms with Gasteiger partial charge in [0.2, 0.25) is 0 Å². The summed E-state index contributed by atoms with van der Waals surface area (Å²) in [5, 5.41) is 3.86. The number of benzene rings is 1. The Hall–Kier alpha value is -2.56. The van der Waals surface area contributed by atoms with Crippen molar-refractivity contribution in [3.63, 3.8) is 0 Å². The van der Waals surface area contributed by atoms with Gasteiger partial charge in [-0.2, -0.15) is 5.10 Å². The van der Waals surface area contributed by atoms with Crippen molar-refractivity contribution in [3.8, 4) is 5.75 Å². The second kappa shape index (κ2) is 5.86. The highest BCUT2D eigenvalue weighted by Gasteiger charge is 2.05. The second-order valence-corrected chi connectivity index (χ2v) is 3.91. The second-order valence-electron chi connectivity index (χ2n) is 3.91. The average molecular weight is 258 g/mol. The molecule has 5 heteroatoms. The Morgan fingerprint density at radius 2 is 2.26 bits per heavy atom. The van der Waals surface area contributed by atoms with Crippen molar-refractivity contribution in [1.29, 1.82) is 0 Å². The average Bonchev–Trinajstić information content (AvgIpc) is 2.94. The molecule has 0 radical (unpaired) electrons. The van der Waals surface area contributed by atoms with Crippen LogP contribution in [0.5, 0.6) is 5.75 Å². The van der Waals surface area contributed by atoms with E-state index in [1.807, 2.05) is 25.1 Å². The largest absolute Gasteiger partial charge is 0.496 e. The number of methoxy groups -OCH3 is 1. The number of nitrogens with one attached hydrogen (secondary N) is 1. The molecule has 0 spiro atoms. The third-order valence-electron chi connectivity index (χ3n) is 2.56. The monoisotopic (exact) mass is 258 g/mol. The zero-order valence-electron chi connectivity index (χ0n) is 10.7. The van der Waals surface area contributed by atoms with E-state index in [9.17, 15) is 4.79 Å². The summed E-state index contributed by atoms with van der Waals surface area (Å²) < 4.78 is 10.2. The summed E-state index contributed by atoms with van der Waals surface area (Å²) in [5.74, 6) is 0.611. The first-order valence-corrected chi connectivity index (χ1v) is 5.72. The number of rotatable bonds is 4. The summed E-state index contributed by atoms with van der Waals surface area (Å²) in [6, 6.07) is 8.87. The number of hydrogen-bond acceptors (Lipinski definition) is 4. The van der Waals surface area contributed by atoms with Gasteiger partial charge in [-0.3, -0.25) is 4.79 Å². The van der Waals surface area contributed by atoms with Crippen LogP contribution in [-0.2, 0) is 0 Å². The van der Waals surface area contributed by atoms with Gasteiger partial charge in [0.25, 0.3) is 0 Å². The molecule has 1 N–H and O–H groups in total. The van der Waals surface area contributed by atoms with Crippen LogP contribution in [0.4, 0.5) is 0 Å². The number of hydrogen-bond donors (Lipinski definition) is 1. The van der Waals surface area contributed by atoms with E-state index in [0.29, 0.717) is 0 Å². The van der Waals surface area contributed by atoms with Crippen LogP contribution in [0.2, 0.25) is 0 Å². The van der Waals surface area contributed by atoms with Crippen molar-refractivity contribution in [2.45, 2.75) is 6.92 Å². The van der Waals surface area contributed by atoms with Gasteiger partial charge in [-0.05, 0) is 36.2 Å². The molecule has 0 bridgehead atoms. The molecule has 19 heavy (non-hydrogen) atoms. The molecule has 1 aromatic carbocycles. The summed E-state index contributed by atoms with van der Waals surface area (Å²) in [5.41, 5.74) is 4.26. The third-order valence-corrected chi connectivity index (χ3v) is 2.56. The van der Waals surface area contributed by atoms with Gasteiger partial charge in [-0.1, -0.05) is 12.1 Å². The molecule has 1 aromatic heterocycles. The molecule has 1 amide bonds. The minimum Gasteiger partial charge on any atom is -0.496 e. The van der Waals surface area contributed by atoms with Gasteiger partial charge in [0.1, 0.15) is 5.75 Å². The fraction of sp³-hybridized carbons (Fsp3) is 0.143. The normalized spacial score (nSPS) is 10.6. The number of ether oxygens (including phenoxy) is 1. The predicted octanol–water partition coefficient (Wildman–Crippen LogP) is 2.36. The lowest BCUT2D eigenvalue weighted by molar-refractivity contribution is 0.0927. The van der Waals surface area contributed by atoms with E-state index in [2.05, 4.69) is 10.5 Å². The minimum atomic E-state index is -0.389. The molecule has 0 fully saturated rings. The maximum Gasteiger partial charge on any atom is 0.307 e. The van der Waals surface area contributed by atoms with Gasteiger partial charge in [0.15, 0.2) is 5.76 Å². The quantitative estimate of drug-likeness (QED) is 0.676. The molecule has 1 heterocycles. The number of amides is 1. The number of furan rings is 1. The summed E-state index contributed by atoms with van der Waals surface area (Å²) in [4.78, 5) is 11.5. The molecule has 2 rings (SSSR count). The molecule has 98 valence electrons. The third kappa shape index (κ3) is 3.22. The van der Waals surface area contributed by atoms with Gasteiger partial charge >= 0.3 is 5.91 Å². The molecule has 0 aliphatic carbocycles. The van der Waals surface area contributed by atoms with Gasteiger partial charge in [-0.15, -0.1) is 0 Å². The Kier molecular flexibility index (Phi) is 3.97. The lowest BCUT2D eigenvalue weighted by Crippen LogP contribution is -2.16. The molecule has 0 unspecified atom stereocenters. The van der Waals surface area contributed by atoms with Crippen molar-refractivity contribution >= 4 is 12.1 Å². The van der Waals surface area contributed by atoms with Crippen molar-refractivity contribution < 1.29 is 13.9 Å². The Morgan fingerprint density at radius 3 is 2.95 bits per heavy atom. The highest BCUT2D eigenvalue weighted by atomic mass is 16.5. The maximum atomic E-state index is 11.5. The summed E-state index contributed by atoms with van der Waals surface area (Å²) in [6.45, 7) is 1.96. The highest BCUT2D eigenvalue weighted by molar-refractivity contribution is 5.92. The Balaban J connectivity index is 2.01. The van der Waals surface area contributed by atoms with E-state index in [1.165, 1.54) is 6.26 Å². The molecule has 0 saturated heterocycles. The van der Waals surface area contributed by atoms with Crippen LogP contribution in [0, 0.1) is 6.92 Å². The standard InChI is InChI=1S/C14H14N2O3/c1-10-5-6-11(8-13(10)18-2)9-15-16-14(17)12-4-3-7-19-12/h3-9H,1-2H3,(H,16,17)/b15-9+. The van der Waals surface area contributed by atoms with Crippen LogP contribution in [0.25, 0.3) is 0 Å². The highest BCUT2D eigenvalue weighted by Crippen LogP contribution is 2.17. The molecule has 0 aliphatic heterocycles. The molecule has 5 nitrogen and oxygen atoms in total. The lowest BCUT2D eigenvalue weighted by Gasteiger charge is -2.04. The van der Waals surface area contributed by atoms with Crippen molar-refractivity contribution in [2.75, 3.05) is 7.11 Å². The van der Waals surface area contributed by atoms with E-state index in [4.69, 9.17) is 9.15 Å². The summed E-state index contributed by atoms with van der Waals surface area (Å²) in [6.07, 6.45) is 2.98. The van der Waals surface area contributed by atoms with Crippen molar-refractivity contribution in [2.24, 2.45) is 5.10 Å². The van der Waals surface area contributed by atoms with Gasteiger partial charge < -0.3 is 9.15 Å². The smallest absolute Gasteiger partial charge is 0.307 e. The topological polar surface area (TPSA) is 63.8 Å². The van der Waals surface area contributed by atoms with E-state index >= 15 is 0 Å². The van der Waals surface area contributed by atoms with Crippen molar-refractivity contribution in [3.05, 3.63) is 53.5 Å². The molecule has 0 saturated carbocycles. The minimum absolute atomic E-state index is 0.221. The number of hydrazone groups is 1.